The lowest BCUT2D eigenvalue weighted by molar-refractivity contribution is -0.114. The van der Waals surface area contributed by atoms with Gasteiger partial charge in [-0.15, -0.1) is 0 Å². The molecule has 2 N–H and O–H groups in total. The Balaban J connectivity index is -0.000000170. The van der Waals surface area contributed by atoms with Crippen molar-refractivity contribution in [2.24, 2.45) is 0 Å². The molecule has 0 aliphatic rings. The molecule has 1 rings (SSSR count). The Morgan fingerprint density at radius 1 is 1.00 bits per heavy atom. The van der Waals surface area contributed by atoms with Gasteiger partial charge in [-0.3, -0.25) is 0 Å². The number of aryl methyl sites for hydroxylation is 1. The quantitative estimate of drug-likeness (QED) is 0.735. The van der Waals surface area contributed by atoms with Crippen molar-refractivity contribution >= 4 is 5.78 Å². The van der Waals surface area contributed by atoms with Crippen LogP contribution in [-0.4, -0.2) is 29.2 Å². The summed E-state index contributed by atoms with van der Waals surface area (Å²) in [6.45, 7) is 9.00. The molecule has 0 aliphatic heterocycles. The molecule has 0 amide bonds. The van der Waals surface area contributed by atoms with Gasteiger partial charge >= 0.3 is 0 Å². The second-order valence-electron chi connectivity index (χ2n) is 3.20. The third-order valence-electron chi connectivity index (χ3n) is 0.940. The Kier molecular flexibility index (Phi) is 25.2. The predicted octanol–water partition coefficient (Wildman–Crippen LogP) is 2.59. The van der Waals surface area contributed by atoms with E-state index in [-0.39, 0.29) is 19.0 Å². The van der Waals surface area contributed by atoms with Crippen molar-refractivity contribution in [1.29, 1.82) is 0 Å². The number of Topliss-reactive ketones (excluding diaryl/α,β-unsaturated/α-hetero) is 1. The number of hydrogen-bond acceptors (Lipinski definition) is 3. The Morgan fingerprint density at radius 3 is 1.35 bits per heavy atom. The highest BCUT2D eigenvalue weighted by molar-refractivity contribution is 5.72. The van der Waals surface area contributed by atoms with Gasteiger partial charge in [-0.05, 0) is 34.6 Å². The molecule has 0 radical (unpaired) electrons. The van der Waals surface area contributed by atoms with Crippen molar-refractivity contribution in [2.45, 2.75) is 34.6 Å². The van der Waals surface area contributed by atoms with Crippen LogP contribution in [0, 0.1) is 6.92 Å². The SMILES string of the molecule is CC(C)=O.CCO.CCO.Cc1ccccc1. The van der Waals surface area contributed by atoms with Gasteiger partial charge < -0.3 is 15.0 Å². The summed E-state index contributed by atoms with van der Waals surface area (Å²) in [6.07, 6.45) is 0. The van der Waals surface area contributed by atoms with Crippen LogP contribution >= 0.6 is 0 Å². The molecule has 3 heteroatoms. The molecule has 3 nitrogen and oxygen atoms in total. The number of ketones is 1. The molecule has 0 fully saturated rings. The minimum atomic E-state index is 0.167. The minimum absolute atomic E-state index is 0.167. The summed E-state index contributed by atoms with van der Waals surface area (Å²) in [5.41, 5.74) is 1.32. The minimum Gasteiger partial charge on any atom is -0.397 e. The van der Waals surface area contributed by atoms with Gasteiger partial charge in [0.2, 0.25) is 0 Å². The molecule has 0 saturated carbocycles. The molecule has 0 unspecified atom stereocenters. The lowest BCUT2D eigenvalue weighted by atomic mass is 10.2. The van der Waals surface area contributed by atoms with E-state index in [0.717, 1.165) is 0 Å². The maximum absolute atomic E-state index is 9.44. The monoisotopic (exact) mass is 242 g/mol. The Morgan fingerprint density at radius 2 is 1.24 bits per heavy atom. The molecule has 0 bridgehead atoms. The van der Waals surface area contributed by atoms with Crippen molar-refractivity contribution in [3.8, 4) is 0 Å². The molecule has 0 aliphatic carbocycles. The lowest BCUT2D eigenvalue weighted by Gasteiger charge is -1.82. The largest absolute Gasteiger partial charge is 0.397 e. The second kappa shape index (κ2) is 20.3. The predicted molar refractivity (Wildman–Crippen MR) is 73.1 cm³/mol. The first-order valence-corrected chi connectivity index (χ1v) is 5.66. The van der Waals surface area contributed by atoms with Crippen molar-refractivity contribution in [3.05, 3.63) is 35.9 Å². The third-order valence-corrected chi connectivity index (χ3v) is 0.940. The first-order valence-electron chi connectivity index (χ1n) is 5.66. The van der Waals surface area contributed by atoms with Crippen molar-refractivity contribution in [2.75, 3.05) is 13.2 Å². The Hall–Kier alpha value is -1.19. The fraction of sp³-hybridized carbons (Fsp3) is 0.500. The van der Waals surface area contributed by atoms with Gasteiger partial charge in [0.15, 0.2) is 0 Å². The highest BCUT2D eigenvalue weighted by atomic mass is 16.3. The van der Waals surface area contributed by atoms with E-state index in [9.17, 15) is 4.79 Å². The van der Waals surface area contributed by atoms with Crippen LogP contribution < -0.4 is 0 Å². The summed E-state index contributed by atoms with van der Waals surface area (Å²) in [5, 5.41) is 15.1. The summed E-state index contributed by atoms with van der Waals surface area (Å²) >= 11 is 0. The van der Waals surface area contributed by atoms with E-state index < -0.39 is 0 Å². The molecule has 17 heavy (non-hydrogen) atoms. The van der Waals surface area contributed by atoms with E-state index in [4.69, 9.17) is 10.2 Å². The van der Waals surface area contributed by atoms with Crippen LogP contribution in [0.3, 0.4) is 0 Å². The van der Waals surface area contributed by atoms with Gasteiger partial charge in [-0.2, -0.15) is 0 Å². The van der Waals surface area contributed by atoms with E-state index in [1.807, 2.05) is 18.2 Å². The fourth-order valence-electron chi connectivity index (χ4n) is 0.534. The van der Waals surface area contributed by atoms with Crippen LogP contribution in [0.1, 0.15) is 33.3 Å². The molecule has 0 aromatic heterocycles. The summed E-state index contributed by atoms with van der Waals surface area (Å²) in [4.78, 5) is 9.44. The van der Waals surface area contributed by atoms with E-state index in [0.29, 0.717) is 0 Å². The zero-order valence-electron chi connectivity index (χ0n) is 11.6. The molecule has 100 valence electrons. The number of benzene rings is 1. The second-order valence-corrected chi connectivity index (χ2v) is 3.20. The average molecular weight is 242 g/mol. The number of rotatable bonds is 0. The first kappa shape index (κ1) is 21.1. The Bertz CT molecular complexity index is 226. The van der Waals surface area contributed by atoms with Crippen molar-refractivity contribution < 1.29 is 15.0 Å². The Labute approximate surface area is 105 Å². The van der Waals surface area contributed by atoms with Crippen LogP contribution in [-0.2, 0) is 4.79 Å². The molecule has 1 aromatic rings. The average Bonchev–Trinajstić information content (AvgIpc) is 2.20. The van der Waals surface area contributed by atoms with Crippen molar-refractivity contribution in [3.63, 3.8) is 0 Å². The number of carbonyl (C=O) groups excluding carboxylic acids is 1. The highest BCUT2D eigenvalue weighted by Gasteiger charge is 1.72. The van der Waals surface area contributed by atoms with E-state index in [1.165, 1.54) is 19.4 Å². The number of carbonyl (C=O) groups is 1. The summed E-state index contributed by atoms with van der Waals surface area (Å²) in [7, 11) is 0. The van der Waals surface area contributed by atoms with Gasteiger partial charge in [0.1, 0.15) is 5.78 Å². The first-order chi connectivity index (χ1) is 7.95. The van der Waals surface area contributed by atoms with Gasteiger partial charge in [0.25, 0.3) is 0 Å². The molecule has 0 heterocycles. The van der Waals surface area contributed by atoms with E-state index >= 15 is 0 Å². The number of hydrogen-bond donors (Lipinski definition) is 2. The summed E-state index contributed by atoms with van der Waals surface area (Å²) in [5.74, 6) is 0.167. The van der Waals surface area contributed by atoms with Crippen molar-refractivity contribution in [1.82, 2.24) is 0 Å². The van der Waals surface area contributed by atoms with E-state index in [2.05, 4.69) is 19.1 Å². The van der Waals surface area contributed by atoms with Gasteiger partial charge in [-0.1, -0.05) is 35.9 Å². The molecule has 1 aromatic carbocycles. The normalized spacial score (nSPS) is 7.24. The highest BCUT2D eigenvalue weighted by Crippen LogP contribution is 1.92. The summed E-state index contributed by atoms with van der Waals surface area (Å²) < 4.78 is 0. The number of aliphatic hydroxyl groups excluding tert-OH is 2. The number of aliphatic hydroxyl groups is 2. The lowest BCUT2D eigenvalue weighted by Crippen LogP contribution is -1.69. The molecular weight excluding hydrogens is 216 g/mol. The van der Waals surface area contributed by atoms with Crippen LogP contribution in [0.5, 0.6) is 0 Å². The van der Waals surface area contributed by atoms with E-state index in [1.54, 1.807) is 13.8 Å². The van der Waals surface area contributed by atoms with Crippen LogP contribution in [0.25, 0.3) is 0 Å². The maximum Gasteiger partial charge on any atom is 0.126 e. The fourth-order valence-corrected chi connectivity index (χ4v) is 0.534. The topological polar surface area (TPSA) is 57.5 Å². The van der Waals surface area contributed by atoms with Gasteiger partial charge in [0, 0.05) is 13.2 Å². The zero-order chi connectivity index (χ0) is 14.1. The zero-order valence-corrected chi connectivity index (χ0v) is 11.6. The summed E-state index contributed by atoms with van der Waals surface area (Å²) in [6, 6.07) is 10.3. The van der Waals surface area contributed by atoms with Gasteiger partial charge in [-0.25, -0.2) is 0 Å². The smallest absolute Gasteiger partial charge is 0.126 e. The standard InChI is InChI=1S/C7H8.C3H6O.2C2H6O/c1-7-5-3-2-4-6-7;1-3(2)4;2*1-2-3/h2-6H,1H3;1-2H3;2*3H,2H2,1H3. The molecule has 0 saturated heterocycles. The third kappa shape index (κ3) is 52.4. The van der Waals surface area contributed by atoms with Crippen LogP contribution in [0.15, 0.2) is 30.3 Å². The van der Waals surface area contributed by atoms with Gasteiger partial charge in [0.05, 0.1) is 0 Å². The van der Waals surface area contributed by atoms with Crippen LogP contribution in [0.2, 0.25) is 0 Å². The maximum atomic E-state index is 9.44. The molecular formula is C14H26O3. The molecule has 0 atom stereocenters. The van der Waals surface area contributed by atoms with Crippen LogP contribution in [0.4, 0.5) is 0 Å². The molecule has 0 spiro atoms.